The molecule has 2 aromatic rings. The summed E-state index contributed by atoms with van der Waals surface area (Å²) in [4.78, 5) is 18.8. The summed E-state index contributed by atoms with van der Waals surface area (Å²) in [6.45, 7) is 2.23. The summed E-state index contributed by atoms with van der Waals surface area (Å²) in [5.41, 5.74) is 3.16. The van der Waals surface area contributed by atoms with Gasteiger partial charge in [-0.1, -0.05) is 53.2 Å². The number of methoxy groups -OCH3 is 1. The van der Waals surface area contributed by atoms with Crippen molar-refractivity contribution >= 4 is 33.4 Å². The Morgan fingerprint density at radius 2 is 2.00 bits per heavy atom. The Morgan fingerprint density at radius 1 is 1.25 bits per heavy atom. The Bertz CT molecular complexity index is 774. The van der Waals surface area contributed by atoms with Crippen LogP contribution in [0.25, 0.3) is 0 Å². The van der Waals surface area contributed by atoms with Crippen molar-refractivity contribution in [2.75, 3.05) is 13.7 Å². The molecular formula is C19H19BrN2O2. The van der Waals surface area contributed by atoms with Crippen molar-refractivity contribution in [1.29, 1.82) is 0 Å². The number of nitrogens with zero attached hydrogens (tertiary/aromatic N) is 2. The highest BCUT2D eigenvalue weighted by Crippen LogP contribution is 2.40. The number of hydrogen-bond donors (Lipinski definition) is 0. The number of halogens is 1. The van der Waals surface area contributed by atoms with Crippen molar-refractivity contribution in [3.63, 3.8) is 0 Å². The maximum Gasteiger partial charge on any atom is 0.325 e. The van der Waals surface area contributed by atoms with Crippen molar-refractivity contribution in [3.05, 3.63) is 64.1 Å². The molecule has 4 nitrogen and oxygen atoms in total. The molecule has 0 aliphatic carbocycles. The van der Waals surface area contributed by atoms with E-state index in [1.807, 2.05) is 35.2 Å². The summed E-state index contributed by atoms with van der Waals surface area (Å²) in [5, 5.41) is 0. The number of aliphatic imine (C=N–C) groups is 1. The van der Waals surface area contributed by atoms with Gasteiger partial charge in [-0.2, -0.15) is 0 Å². The van der Waals surface area contributed by atoms with Gasteiger partial charge in [0.15, 0.2) is 0 Å². The third-order valence-electron chi connectivity index (χ3n) is 4.14. The van der Waals surface area contributed by atoms with Gasteiger partial charge in [-0.15, -0.1) is 0 Å². The van der Waals surface area contributed by atoms with Crippen LogP contribution in [0.2, 0.25) is 0 Å². The average Bonchev–Trinajstić information content (AvgIpc) is 2.61. The minimum atomic E-state index is -0.268. The van der Waals surface area contributed by atoms with Crippen molar-refractivity contribution < 1.29 is 9.53 Å². The molecule has 3 rings (SSSR count). The van der Waals surface area contributed by atoms with Crippen molar-refractivity contribution in [1.82, 2.24) is 4.90 Å². The minimum absolute atomic E-state index is 0.0646. The first-order chi connectivity index (χ1) is 11.6. The van der Waals surface area contributed by atoms with Gasteiger partial charge in [0.05, 0.1) is 18.8 Å². The molecule has 0 bridgehead atoms. The lowest BCUT2D eigenvalue weighted by Gasteiger charge is -2.38. The second kappa shape index (κ2) is 7.18. The quantitative estimate of drug-likeness (QED) is 0.728. The molecule has 0 radical (unpaired) electrons. The predicted octanol–water partition coefficient (Wildman–Crippen LogP) is 4.47. The highest BCUT2D eigenvalue weighted by atomic mass is 79.9. The van der Waals surface area contributed by atoms with Crippen molar-refractivity contribution in [3.8, 4) is 0 Å². The van der Waals surface area contributed by atoms with E-state index >= 15 is 0 Å². The van der Waals surface area contributed by atoms with E-state index in [0.29, 0.717) is 0 Å². The Hall–Kier alpha value is -2.14. The predicted molar refractivity (Wildman–Crippen MR) is 98.5 cm³/mol. The van der Waals surface area contributed by atoms with E-state index in [-0.39, 0.29) is 18.6 Å². The zero-order valence-corrected chi connectivity index (χ0v) is 15.3. The van der Waals surface area contributed by atoms with E-state index in [9.17, 15) is 4.79 Å². The molecule has 0 unspecified atom stereocenters. The summed E-state index contributed by atoms with van der Waals surface area (Å²) in [5.74, 6) is 0.625. The first kappa shape index (κ1) is 16.7. The number of carbonyl (C=O) groups excluding carboxylic acids is 1. The van der Waals surface area contributed by atoms with Crippen LogP contribution in [-0.2, 0) is 9.53 Å². The summed E-state index contributed by atoms with van der Waals surface area (Å²) < 4.78 is 5.89. The molecule has 1 heterocycles. The minimum Gasteiger partial charge on any atom is -0.468 e. The smallest absolute Gasteiger partial charge is 0.325 e. The van der Waals surface area contributed by atoms with Crippen molar-refractivity contribution in [2.24, 2.45) is 4.99 Å². The molecule has 0 amide bonds. The summed E-state index contributed by atoms with van der Waals surface area (Å²) in [6, 6.07) is 16.2. The third-order valence-corrected chi connectivity index (χ3v) is 4.63. The SMILES string of the molecule is CCC1=Nc2ccc(Br)cc2[C@H](c2ccccc2)N1CC(=O)OC. The number of benzene rings is 2. The number of carbonyl (C=O) groups is 1. The van der Waals surface area contributed by atoms with Crippen molar-refractivity contribution in [2.45, 2.75) is 19.4 Å². The highest BCUT2D eigenvalue weighted by molar-refractivity contribution is 9.10. The number of amidine groups is 1. The van der Waals surface area contributed by atoms with Crippen LogP contribution in [-0.4, -0.2) is 30.4 Å². The molecule has 124 valence electrons. The molecule has 0 saturated carbocycles. The molecule has 2 aromatic carbocycles. The van der Waals surface area contributed by atoms with E-state index in [1.165, 1.54) is 7.11 Å². The topological polar surface area (TPSA) is 41.9 Å². The van der Waals surface area contributed by atoms with Gasteiger partial charge < -0.3 is 9.64 Å². The largest absolute Gasteiger partial charge is 0.468 e. The second-order valence-corrected chi connectivity index (χ2v) is 6.52. The Balaban J connectivity index is 2.16. The van der Waals surface area contributed by atoms with Crippen LogP contribution >= 0.6 is 15.9 Å². The van der Waals surface area contributed by atoms with Crippen LogP contribution in [0.1, 0.15) is 30.5 Å². The van der Waals surface area contributed by atoms with Gasteiger partial charge in [-0.25, -0.2) is 4.99 Å². The van der Waals surface area contributed by atoms with Crippen LogP contribution < -0.4 is 0 Å². The molecule has 0 saturated heterocycles. The fourth-order valence-electron chi connectivity index (χ4n) is 3.03. The molecule has 0 spiro atoms. The molecule has 5 heteroatoms. The molecule has 0 fully saturated rings. The van der Waals surface area contributed by atoms with Crippen LogP contribution in [0.5, 0.6) is 0 Å². The number of fused-ring (bicyclic) bond motifs is 1. The lowest BCUT2D eigenvalue weighted by Crippen LogP contribution is -2.41. The highest BCUT2D eigenvalue weighted by Gasteiger charge is 2.32. The normalized spacial score (nSPS) is 16.4. The van der Waals surface area contributed by atoms with E-state index in [2.05, 4.69) is 41.1 Å². The zero-order chi connectivity index (χ0) is 17.1. The average molecular weight is 387 g/mol. The lowest BCUT2D eigenvalue weighted by atomic mass is 9.93. The standard InChI is InChI=1S/C19H19BrN2O2/c1-3-17-21-16-10-9-14(20)11-15(16)19(13-7-5-4-6-8-13)22(17)12-18(23)24-2/h4-11,19H,3,12H2,1-2H3/t19-/m0/s1. The molecule has 0 N–H and O–H groups in total. The van der Waals surface area contributed by atoms with Crippen LogP contribution in [0.4, 0.5) is 5.69 Å². The van der Waals surface area contributed by atoms with Crippen LogP contribution in [0.3, 0.4) is 0 Å². The fraction of sp³-hybridized carbons (Fsp3) is 0.263. The molecular weight excluding hydrogens is 368 g/mol. The fourth-order valence-corrected chi connectivity index (χ4v) is 3.41. The van der Waals surface area contributed by atoms with Gasteiger partial charge >= 0.3 is 5.97 Å². The first-order valence-corrected chi connectivity index (χ1v) is 8.68. The van der Waals surface area contributed by atoms with E-state index in [4.69, 9.17) is 9.73 Å². The number of rotatable bonds is 4. The van der Waals surface area contributed by atoms with E-state index < -0.39 is 0 Å². The number of ether oxygens (including phenoxy) is 1. The first-order valence-electron chi connectivity index (χ1n) is 7.89. The van der Waals surface area contributed by atoms with Gasteiger partial charge in [0.25, 0.3) is 0 Å². The monoisotopic (exact) mass is 386 g/mol. The van der Waals surface area contributed by atoms with Gasteiger partial charge in [0.1, 0.15) is 12.4 Å². The maximum absolute atomic E-state index is 12.0. The van der Waals surface area contributed by atoms with E-state index in [0.717, 1.165) is 33.5 Å². The van der Waals surface area contributed by atoms with Gasteiger partial charge in [0, 0.05) is 16.5 Å². The maximum atomic E-state index is 12.0. The molecule has 24 heavy (non-hydrogen) atoms. The van der Waals surface area contributed by atoms with Crippen LogP contribution in [0.15, 0.2) is 58.0 Å². The number of esters is 1. The summed E-state index contributed by atoms with van der Waals surface area (Å²) in [7, 11) is 1.41. The molecule has 0 aromatic heterocycles. The summed E-state index contributed by atoms with van der Waals surface area (Å²) in [6.07, 6.45) is 0.746. The van der Waals surface area contributed by atoms with Gasteiger partial charge in [-0.05, 0) is 23.8 Å². The zero-order valence-electron chi connectivity index (χ0n) is 13.7. The van der Waals surface area contributed by atoms with Gasteiger partial charge in [-0.3, -0.25) is 4.79 Å². The van der Waals surface area contributed by atoms with E-state index in [1.54, 1.807) is 0 Å². The third kappa shape index (κ3) is 3.22. The molecule has 1 atom stereocenters. The summed E-state index contributed by atoms with van der Waals surface area (Å²) >= 11 is 3.55. The Kier molecular flexibility index (Phi) is 5.00. The second-order valence-electron chi connectivity index (χ2n) is 5.60. The molecule has 1 aliphatic rings. The molecule has 1 aliphatic heterocycles. The Labute approximate surface area is 150 Å². The number of hydrogen-bond acceptors (Lipinski definition) is 4. The lowest BCUT2D eigenvalue weighted by molar-refractivity contribution is -0.141. The Morgan fingerprint density at radius 3 is 2.67 bits per heavy atom. The van der Waals surface area contributed by atoms with Gasteiger partial charge in [0.2, 0.25) is 0 Å². The van der Waals surface area contributed by atoms with Crippen LogP contribution in [0, 0.1) is 0 Å².